The fourth-order valence-corrected chi connectivity index (χ4v) is 11.2. The molecule has 0 fully saturated rings. The van der Waals surface area contributed by atoms with E-state index in [1.165, 1.54) is 83.0 Å². The SMILES string of the molecule is CC1(C)c2ccccc2-c2ccc(CC(c3ccc(-c4ccccc4)cc3)c3ccc(-n4c5ccccc5c5ccc6c(c54)C(C)(c4ccccc4)C(c4ccccc4)=N6)cc3)cc21. The van der Waals surface area contributed by atoms with Crippen LogP contribution in [0.5, 0.6) is 0 Å². The Balaban J connectivity index is 1.000. The number of hydrogen-bond acceptors (Lipinski definition) is 1. The van der Waals surface area contributed by atoms with Gasteiger partial charge in [0.05, 0.1) is 27.8 Å². The van der Waals surface area contributed by atoms with E-state index in [0.29, 0.717) is 0 Å². The number of rotatable bonds is 8. The topological polar surface area (TPSA) is 17.3 Å². The Hall–Kier alpha value is -7.55. The van der Waals surface area contributed by atoms with Gasteiger partial charge in [0, 0.05) is 33.4 Å². The maximum absolute atomic E-state index is 5.49. The molecular weight excluding hydrogens is 773 g/mol. The highest BCUT2D eigenvalue weighted by Gasteiger charge is 2.44. The van der Waals surface area contributed by atoms with Crippen LogP contribution in [0.25, 0.3) is 49.7 Å². The van der Waals surface area contributed by atoms with E-state index in [2.05, 4.69) is 244 Å². The summed E-state index contributed by atoms with van der Waals surface area (Å²) < 4.78 is 2.50. The van der Waals surface area contributed by atoms with Crippen LogP contribution in [-0.4, -0.2) is 10.3 Å². The second-order valence-electron chi connectivity index (χ2n) is 18.4. The summed E-state index contributed by atoms with van der Waals surface area (Å²) in [5.41, 5.74) is 20.7. The van der Waals surface area contributed by atoms with Gasteiger partial charge in [-0.05, 0) is 98.8 Å². The number of aromatic nitrogens is 1. The molecule has 9 aromatic carbocycles. The fraction of sp³-hybridized carbons (Fsp3) is 0.113. The molecule has 0 saturated heterocycles. The smallest absolute Gasteiger partial charge is 0.0700 e. The first-order chi connectivity index (χ1) is 31.4. The molecule has 0 radical (unpaired) electrons. The van der Waals surface area contributed by atoms with Gasteiger partial charge in [0.15, 0.2) is 0 Å². The lowest BCUT2D eigenvalue weighted by atomic mass is 9.71. The predicted octanol–water partition coefficient (Wildman–Crippen LogP) is 15.6. The van der Waals surface area contributed by atoms with Crippen LogP contribution in [0, 0.1) is 0 Å². The monoisotopic (exact) mass is 820 g/mol. The van der Waals surface area contributed by atoms with E-state index in [1.807, 2.05) is 0 Å². The van der Waals surface area contributed by atoms with Crippen molar-refractivity contribution < 1.29 is 0 Å². The molecule has 64 heavy (non-hydrogen) atoms. The van der Waals surface area contributed by atoms with Crippen LogP contribution >= 0.6 is 0 Å². The lowest BCUT2D eigenvalue weighted by Gasteiger charge is -2.30. The van der Waals surface area contributed by atoms with Crippen LogP contribution in [0.2, 0.25) is 0 Å². The molecule has 1 aliphatic carbocycles. The van der Waals surface area contributed by atoms with Gasteiger partial charge in [-0.15, -0.1) is 0 Å². The number of nitrogens with zero attached hydrogens (tertiary/aromatic N) is 2. The van der Waals surface area contributed by atoms with Crippen molar-refractivity contribution in [3.05, 3.63) is 263 Å². The van der Waals surface area contributed by atoms with Crippen LogP contribution in [-0.2, 0) is 17.3 Å². The fourth-order valence-electron chi connectivity index (χ4n) is 11.2. The van der Waals surface area contributed by atoms with E-state index in [1.54, 1.807) is 0 Å². The van der Waals surface area contributed by atoms with E-state index in [0.717, 1.165) is 29.1 Å². The van der Waals surface area contributed by atoms with Crippen molar-refractivity contribution in [1.29, 1.82) is 0 Å². The molecule has 0 saturated carbocycles. The molecule has 12 rings (SSSR count). The minimum absolute atomic E-state index is 0.0532. The molecule has 2 heteroatoms. The maximum Gasteiger partial charge on any atom is 0.0700 e. The van der Waals surface area contributed by atoms with Gasteiger partial charge in [0.2, 0.25) is 0 Å². The summed E-state index contributed by atoms with van der Waals surface area (Å²) in [4.78, 5) is 5.49. The molecule has 0 bridgehead atoms. The molecule has 1 aliphatic heterocycles. The van der Waals surface area contributed by atoms with Crippen LogP contribution in [0.1, 0.15) is 71.2 Å². The van der Waals surface area contributed by atoms with E-state index < -0.39 is 5.41 Å². The van der Waals surface area contributed by atoms with E-state index >= 15 is 0 Å². The first-order valence-electron chi connectivity index (χ1n) is 22.6. The van der Waals surface area contributed by atoms with Crippen molar-refractivity contribution in [3.8, 4) is 27.9 Å². The highest BCUT2D eigenvalue weighted by atomic mass is 15.0. The quantitative estimate of drug-likeness (QED) is 0.145. The van der Waals surface area contributed by atoms with Crippen LogP contribution in [0.4, 0.5) is 5.69 Å². The van der Waals surface area contributed by atoms with Crippen molar-refractivity contribution in [1.82, 2.24) is 4.57 Å². The van der Waals surface area contributed by atoms with Crippen LogP contribution in [0.3, 0.4) is 0 Å². The van der Waals surface area contributed by atoms with Crippen molar-refractivity contribution in [2.45, 2.75) is 43.9 Å². The Bertz CT molecular complexity index is 3410. The molecule has 2 aliphatic rings. The summed E-state index contributed by atoms with van der Waals surface area (Å²) in [5, 5.41) is 2.48. The largest absolute Gasteiger partial charge is 0.309 e. The Morgan fingerprint density at radius 2 is 1.08 bits per heavy atom. The highest BCUT2D eigenvalue weighted by molar-refractivity contribution is 6.20. The molecule has 0 spiro atoms. The first kappa shape index (κ1) is 38.2. The predicted molar refractivity (Wildman–Crippen MR) is 268 cm³/mol. The average Bonchev–Trinajstić information content (AvgIpc) is 3.94. The number of aliphatic imine (C=N–C) groups is 1. The molecule has 2 atom stereocenters. The Morgan fingerprint density at radius 3 is 1.81 bits per heavy atom. The minimum Gasteiger partial charge on any atom is -0.309 e. The van der Waals surface area contributed by atoms with Crippen molar-refractivity contribution in [2.24, 2.45) is 4.99 Å². The standard InChI is InChI=1S/C62H48N2/c1-61(2)54-25-15-13-23-49(54)50-36-27-41(40-55(50)61)39-53(44-30-28-43(29-31-44)42-17-7-4-8-18-42)45-32-34-48(35-33-45)64-57-26-16-14-24-51(57)52-37-38-56-58(59(52)64)62(3,47-21-11-6-12-22-47)60(63-56)46-19-9-5-10-20-46/h4-38,40,53H,39H2,1-3H3. The molecule has 2 nitrogen and oxygen atoms in total. The Kier molecular flexibility index (Phi) is 8.81. The number of fused-ring (bicyclic) bond motifs is 8. The summed E-state index contributed by atoms with van der Waals surface area (Å²) in [6.45, 7) is 7.12. The Morgan fingerprint density at radius 1 is 0.484 bits per heavy atom. The van der Waals surface area contributed by atoms with Crippen LogP contribution < -0.4 is 0 Å². The third-order valence-electron chi connectivity index (χ3n) is 14.5. The van der Waals surface area contributed by atoms with Gasteiger partial charge in [-0.2, -0.15) is 0 Å². The van der Waals surface area contributed by atoms with Gasteiger partial charge in [-0.3, -0.25) is 4.99 Å². The third kappa shape index (κ3) is 5.89. The number of hydrogen-bond donors (Lipinski definition) is 0. The highest BCUT2D eigenvalue weighted by Crippen LogP contribution is 2.52. The van der Waals surface area contributed by atoms with Gasteiger partial charge in [0.25, 0.3) is 0 Å². The van der Waals surface area contributed by atoms with E-state index in [9.17, 15) is 0 Å². The number of benzene rings is 9. The number of para-hydroxylation sites is 1. The maximum atomic E-state index is 5.49. The molecular formula is C62H48N2. The second-order valence-corrected chi connectivity index (χ2v) is 18.4. The van der Waals surface area contributed by atoms with Gasteiger partial charge < -0.3 is 4.57 Å². The normalized spacial score (nSPS) is 16.3. The van der Waals surface area contributed by atoms with Gasteiger partial charge in [-0.1, -0.05) is 208 Å². The van der Waals surface area contributed by atoms with E-state index in [4.69, 9.17) is 4.99 Å². The molecule has 0 amide bonds. The van der Waals surface area contributed by atoms with E-state index in [-0.39, 0.29) is 11.3 Å². The summed E-state index contributed by atoms with van der Waals surface area (Å²) in [5.74, 6) is 0.148. The summed E-state index contributed by atoms with van der Waals surface area (Å²) in [6, 6.07) is 80.7. The second kappa shape index (κ2) is 14.8. The first-order valence-corrected chi connectivity index (χ1v) is 22.6. The van der Waals surface area contributed by atoms with Gasteiger partial charge in [-0.25, -0.2) is 0 Å². The van der Waals surface area contributed by atoms with Crippen LogP contribution in [0.15, 0.2) is 223 Å². The lowest BCUT2D eigenvalue weighted by molar-refractivity contribution is 0.658. The third-order valence-corrected chi connectivity index (χ3v) is 14.5. The molecule has 2 heterocycles. The van der Waals surface area contributed by atoms with Gasteiger partial charge in [0.1, 0.15) is 0 Å². The van der Waals surface area contributed by atoms with Crippen molar-refractivity contribution in [3.63, 3.8) is 0 Å². The summed E-state index contributed by atoms with van der Waals surface area (Å²) in [7, 11) is 0. The molecule has 1 aromatic heterocycles. The minimum atomic E-state index is -0.494. The van der Waals surface area contributed by atoms with Crippen molar-refractivity contribution >= 4 is 33.2 Å². The average molecular weight is 821 g/mol. The molecule has 306 valence electrons. The Labute approximate surface area is 375 Å². The zero-order chi connectivity index (χ0) is 43.0. The summed E-state index contributed by atoms with van der Waals surface area (Å²) >= 11 is 0. The van der Waals surface area contributed by atoms with Crippen molar-refractivity contribution in [2.75, 3.05) is 0 Å². The molecule has 2 unspecified atom stereocenters. The summed E-state index contributed by atoms with van der Waals surface area (Å²) in [6.07, 6.45) is 0.891. The zero-order valence-electron chi connectivity index (χ0n) is 36.5. The van der Waals surface area contributed by atoms with Gasteiger partial charge >= 0.3 is 0 Å². The molecule has 0 N–H and O–H groups in total. The molecule has 10 aromatic rings. The zero-order valence-corrected chi connectivity index (χ0v) is 36.5. The lowest BCUT2D eigenvalue weighted by Crippen LogP contribution is -2.32.